The maximum atomic E-state index is 11.6. The molecule has 124 valence electrons. The van der Waals surface area contributed by atoms with Gasteiger partial charge in [0.25, 0.3) is 0 Å². The van der Waals surface area contributed by atoms with Crippen LogP contribution in [0.25, 0.3) is 0 Å². The normalized spacial score (nSPS) is 33.9. The van der Waals surface area contributed by atoms with E-state index in [1.165, 1.54) is 7.11 Å². The summed E-state index contributed by atoms with van der Waals surface area (Å²) in [5.74, 6) is 0.463. The molecule has 1 aliphatic heterocycles. The van der Waals surface area contributed by atoms with Crippen LogP contribution in [0, 0.1) is 11.3 Å². The fraction of sp³-hybridized carbons (Fsp3) is 0.421. The number of methoxy groups -OCH3 is 1. The van der Waals surface area contributed by atoms with E-state index in [2.05, 4.69) is 11.0 Å². The van der Waals surface area contributed by atoms with Crippen molar-refractivity contribution in [3.05, 3.63) is 47.1 Å². The quantitative estimate of drug-likeness (QED) is 0.821. The van der Waals surface area contributed by atoms with E-state index < -0.39 is 11.0 Å². The number of piperidine rings is 1. The number of nitriles is 1. The number of likely N-dealkylation sites (N-methyl/N-ethyl adjacent to an activating group) is 1. The van der Waals surface area contributed by atoms with Crippen LogP contribution in [0.4, 0.5) is 0 Å². The summed E-state index contributed by atoms with van der Waals surface area (Å²) in [4.78, 5) is 2.16. The predicted molar refractivity (Wildman–Crippen MR) is 88.9 cm³/mol. The van der Waals surface area contributed by atoms with Crippen molar-refractivity contribution >= 4 is 0 Å². The molecule has 3 aliphatic rings. The highest BCUT2D eigenvalue weighted by atomic mass is 16.5. The van der Waals surface area contributed by atoms with Crippen LogP contribution < -0.4 is 4.74 Å². The molecule has 24 heavy (non-hydrogen) atoms. The molecule has 1 heterocycles. The van der Waals surface area contributed by atoms with Gasteiger partial charge in [0.1, 0.15) is 5.60 Å². The van der Waals surface area contributed by atoms with Gasteiger partial charge in [0, 0.05) is 17.2 Å². The maximum absolute atomic E-state index is 11.6. The molecule has 2 bridgehead atoms. The van der Waals surface area contributed by atoms with Gasteiger partial charge in [-0.05, 0) is 50.2 Å². The fourth-order valence-corrected chi connectivity index (χ4v) is 4.75. The van der Waals surface area contributed by atoms with Crippen molar-refractivity contribution in [2.75, 3.05) is 20.7 Å². The summed E-state index contributed by atoms with van der Waals surface area (Å²) < 4.78 is 5.29. The lowest BCUT2D eigenvalue weighted by Crippen LogP contribution is -2.70. The number of ether oxygens (including phenoxy) is 1. The Morgan fingerprint density at radius 3 is 2.92 bits per heavy atom. The zero-order valence-corrected chi connectivity index (χ0v) is 13.8. The summed E-state index contributed by atoms with van der Waals surface area (Å²) in [7, 11) is 3.53. The van der Waals surface area contributed by atoms with Crippen molar-refractivity contribution in [3.8, 4) is 17.6 Å². The number of fused-ring (bicyclic) bond motifs is 1. The Morgan fingerprint density at radius 1 is 1.42 bits per heavy atom. The number of nitrogens with zero attached hydrogens (tertiary/aromatic N) is 2. The van der Waals surface area contributed by atoms with Crippen LogP contribution in [0.5, 0.6) is 11.5 Å². The predicted octanol–water partition coefficient (Wildman–Crippen LogP) is 1.65. The molecule has 5 heteroatoms. The first-order valence-electron chi connectivity index (χ1n) is 8.11. The van der Waals surface area contributed by atoms with Gasteiger partial charge in [-0.3, -0.25) is 4.90 Å². The first-order chi connectivity index (χ1) is 11.5. The molecule has 3 atom stereocenters. The minimum atomic E-state index is -1.16. The van der Waals surface area contributed by atoms with Crippen LogP contribution >= 0.6 is 0 Å². The summed E-state index contributed by atoms with van der Waals surface area (Å²) >= 11 is 0. The highest BCUT2D eigenvalue weighted by Gasteiger charge is 2.62. The van der Waals surface area contributed by atoms with Gasteiger partial charge in [0.05, 0.1) is 18.6 Å². The lowest BCUT2D eigenvalue weighted by Gasteiger charge is -2.60. The zero-order chi connectivity index (χ0) is 17.1. The van der Waals surface area contributed by atoms with Gasteiger partial charge in [-0.1, -0.05) is 12.1 Å². The lowest BCUT2D eigenvalue weighted by molar-refractivity contribution is -0.0909. The Labute approximate surface area is 141 Å². The van der Waals surface area contributed by atoms with E-state index in [1.54, 1.807) is 18.2 Å². The zero-order valence-electron chi connectivity index (χ0n) is 13.8. The molecule has 0 unspecified atom stereocenters. The maximum Gasteiger partial charge on any atom is 0.162 e. The van der Waals surface area contributed by atoms with Gasteiger partial charge in [0.15, 0.2) is 11.5 Å². The molecule has 1 saturated heterocycles. The molecule has 0 amide bonds. The smallest absolute Gasteiger partial charge is 0.162 e. The van der Waals surface area contributed by atoms with Gasteiger partial charge in [0.2, 0.25) is 0 Å². The monoisotopic (exact) mass is 324 g/mol. The SMILES string of the molecule is COc1ccc2c(c1O)[C@@]13C=C(C#N)C=C[C@@]1(O)[C@H](C2)N(C)CC3. The van der Waals surface area contributed by atoms with Crippen molar-refractivity contribution in [1.29, 1.82) is 5.26 Å². The van der Waals surface area contributed by atoms with E-state index >= 15 is 0 Å². The average molecular weight is 324 g/mol. The van der Waals surface area contributed by atoms with E-state index in [0.717, 1.165) is 12.1 Å². The summed E-state index contributed by atoms with van der Waals surface area (Å²) in [5.41, 5.74) is 0.245. The average Bonchev–Trinajstić information content (AvgIpc) is 2.57. The molecule has 0 saturated carbocycles. The van der Waals surface area contributed by atoms with Crippen molar-refractivity contribution in [3.63, 3.8) is 0 Å². The molecular formula is C19H20N2O3. The van der Waals surface area contributed by atoms with Crippen LogP contribution in [0.3, 0.4) is 0 Å². The van der Waals surface area contributed by atoms with Crippen LogP contribution in [0.2, 0.25) is 0 Å². The number of likely N-dealkylation sites (tertiary alicyclic amines) is 1. The summed E-state index contributed by atoms with van der Waals surface area (Å²) in [6, 6.07) is 5.80. The molecule has 0 radical (unpaired) electrons. The second-order valence-electron chi connectivity index (χ2n) is 6.94. The molecule has 1 aromatic rings. The number of phenols is 1. The second kappa shape index (κ2) is 4.85. The Hall–Kier alpha value is -2.29. The molecule has 1 aromatic carbocycles. The Morgan fingerprint density at radius 2 is 2.21 bits per heavy atom. The molecule has 2 N–H and O–H groups in total. The van der Waals surface area contributed by atoms with Gasteiger partial charge < -0.3 is 14.9 Å². The lowest BCUT2D eigenvalue weighted by atomic mass is 9.52. The summed E-state index contributed by atoms with van der Waals surface area (Å²) in [6.07, 6.45) is 6.53. The van der Waals surface area contributed by atoms with Crippen LogP contribution in [0.15, 0.2) is 35.9 Å². The molecule has 2 aliphatic carbocycles. The standard InChI is InChI=1S/C19H20N2O3/c1-21-8-7-18-10-12(11-20)5-6-19(18,23)15(21)9-13-3-4-14(24-2)17(22)16(13)18/h3-6,10,15,22-23H,7-9H2,1-2H3/t15-,18+,19+/m0/s1. The number of aromatic hydroxyl groups is 1. The van der Waals surface area contributed by atoms with E-state index in [1.807, 2.05) is 19.2 Å². The van der Waals surface area contributed by atoms with Crippen molar-refractivity contribution in [2.24, 2.45) is 0 Å². The van der Waals surface area contributed by atoms with Gasteiger partial charge in [-0.25, -0.2) is 0 Å². The van der Waals surface area contributed by atoms with Crippen molar-refractivity contribution < 1.29 is 14.9 Å². The first-order valence-corrected chi connectivity index (χ1v) is 8.11. The number of hydrogen-bond acceptors (Lipinski definition) is 5. The summed E-state index contributed by atoms with van der Waals surface area (Å²) in [6.45, 7) is 0.784. The van der Waals surface area contributed by atoms with E-state index in [9.17, 15) is 15.5 Å². The third-order valence-corrected chi connectivity index (χ3v) is 5.97. The van der Waals surface area contributed by atoms with E-state index in [0.29, 0.717) is 29.7 Å². The molecule has 4 rings (SSSR count). The number of rotatable bonds is 1. The minimum absolute atomic E-state index is 0.0697. The number of phenolic OH excluding ortho intramolecular Hbond substituents is 1. The molecule has 5 nitrogen and oxygen atoms in total. The summed E-state index contributed by atoms with van der Waals surface area (Å²) in [5, 5.41) is 31.9. The topological polar surface area (TPSA) is 76.7 Å². The fourth-order valence-electron chi connectivity index (χ4n) is 4.75. The Bertz CT molecular complexity index is 823. The minimum Gasteiger partial charge on any atom is -0.504 e. The Balaban J connectivity index is 2.07. The van der Waals surface area contributed by atoms with Gasteiger partial charge >= 0.3 is 0 Å². The van der Waals surface area contributed by atoms with Crippen molar-refractivity contribution in [1.82, 2.24) is 4.90 Å². The number of aliphatic hydroxyl groups is 1. The van der Waals surface area contributed by atoms with Crippen LogP contribution in [-0.4, -0.2) is 47.5 Å². The highest BCUT2D eigenvalue weighted by molar-refractivity contribution is 5.63. The highest BCUT2D eigenvalue weighted by Crippen LogP contribution is 2.58. The second-order valence-corrected chi connectivity index (χ2v) is 6.94. The number of benzene rings is 1. The van der Waals surface area contributed by atoms with Gasteiger partial charge in [-0.2, -0.15) is 5.26 Å². The van der Waals surface area contributed by atoms with Crippen molar-refractivity contribution in [2.45, 2.75) is 29.9 Å². The Kier molecular flexibility index (Phi) is 3.08. The van der Waals surface area contributed by atoms with Crippen LogP contribution in [-0.2, 0) is 11.8 Å². The molecule has 0 aromatic heterocycles. The first kappa shape index (κ1) is 15.3. The van der Waals surface area contributed by atoms with Crippen LogP contribution in [0.1, 0.15) is 17.5 Å². The van der Waals surface area contributed by atoms with E-state index in [-0.39, 0.29) is 11.8 Å². The van der Waals surface area contributed by atoms with Gasteiger partial charge in [-0.15, -0.1) is 0 Å². The molecule has 1 fully saturated rings. The largest absolute Gasteiger partial charge is 0.504 e. The number of hydrogen-bond donors (Lipinski definition) is 2. The molecule has 0 spiro atoms. The van der Waals surface area contributed by atoms with E-state index in [4.69, 9.17) is 4.74 Å². The number of allylic oxidation sites excluding steroid dienone is 2. The molecular weight excluding hydrogens is 304 g/mol. The third kappa shape index (κ3) is 1.65. The third-order valence-electron chi connectivity index (χ3n) is 5.97.